The second kappa shape index (κ2) is 12.4. The first kappa shape index (κ1) is 23.0. The number of rotatable bonds is 13. The van der Waals surface area contributed by atoms with Crippen LogP contribution in [0.2, 0.25) is 0 Å². The Hall–Kier alpha value is -2.99. The lowest BCUT2D eigenvalue weighted by molar-refractivity contribution is -0.141. The van der Waals surface area contributed by atoms with E-state index in [1.165, 1.54) is 12.5 Å². The maximum Gasteiger partial charge on any atom is 0.326 e. The third-order valence-electron chi connectivity index (χ3n) is 3.79. The molecule has 12 heteroatoms. The van der Waals surface area contributed by atoms with E-state index >= 15 is 0 Å². The Balaban J connectivity index is 2.30. The Morgan fingerprint density at radius 2 is 1.86 bits per heavy atom. The number of aromatic amines is 1. The monoisotopic (exact) mass is 397 g/mol. The molecule has 1 aromatic rings. The second-order valence-corrected chi connectivity index (χ2v) is 6.12. The molecule has 0 saturated heterocycles. The quantitative estimate of drug-likeness (QED) is 0.173. The highest BCUT2D eigenvalue weighted by molar-refractivity contribution is 5.90. The Bertz CT molecular complexity index is 650. The molecule has 0 fully saturated rings. The van der Waals surface area contributed by atoms with Crippen LogP contribution < -0.4 is 27.4 Å². The molecule has 1 aromatic heterocycles. The lowest BCUT2D eigenvalue weighted by Crippen LogP contribution is -2.49. The zero-order valence-electron chi connectivity index (χ0n) is 15.4. The van der Waals surface area contributed by atoms with Crippen LogP contribution in [0.25, 0.3) is 0 Å². The van der Waals surface area contributed by atoms with Gasteiger partial charge in [0.2, 0.25) is 17.7 Å². The van der Waals surface area contributed by atoms with Crippen molar-refractivity contribution in [3.8, 4) is 0 Å². The number of aromatic nitrogens is 2. The summed E-state index contributed by atoms with van der Waals surface area (Å²) in [5.74, 6) is -2.96. The van der Waals surface area contributed by atoms with Crippen LogP contribution in [0, 0.1) is 0 Å². The maximum atomic E-state index is 11.9. The summed E-state index contributed by atoms with van der Waals surface area (Å²) in [4.78, 5) is 53.1. The number of carbonyl (C=O) groups is 4. The number of nitrogens with zero attached hydrogens (tertiary/aromatic N) is 1. The first-order chi connectivity index (χ1) is 13.3. The van der Waals surface area contributed by atoms with Crippen LogP contribution in [-0.4, -0.2) is 70.5 Å². The van der Waals surface area contributed by atoms with Crippen LogP contribution in [0.5, 0.6) is 0 Å². The second-order valence-electron chi connectivity index (χ2n) is 6.12. The number of nitrogens with one attached hydrogen (secondary N) is 4. The summed E-state index contributed by atoms with van der Waals surface area (Å²) in [6.45, 7) is -0.249. The number of carboxylic acids is 1. The number of unbranched alkanes of at least 4 members (excludes halogenated alkanes) is 1. The van der Waals surface area contributed by atoms with Gasteiger partial charge in [0, 0.05) is 18.3 Å². The minimum absolute atomic E-state index is 0.0210. The fourth-order valence-corrected chi connectivity index (χ4v) is 2.24. The average Bonchev–Trinajstić information content (AvgIpc) is 3.17. The highest BCUT2D eigenvalue weighted by Crippen LogP contribution is 1.99. The van der Waals surface area contributed by atoms with Crippen molar-refractivity contribution < 1.29 is 24.3 Å². The molecule has 12 nitrogen and oxygen atoms in total. The minimum Gasteiger partial charge on any atom is -0.480 e. The van der Waals surface area contributed by atoms with Crippen molar-refractivity contribution in [3.63, 3.8) is 0 Å². The van der Waals surface area contributed by atoms with Crippen LogP contribution >= 0.6 is 0 Å². The maximum absolute atomic E-state index is 11.9. The summed E-state index contributed by atoms with van der Waals surface area (Å²) in [7, 11) is 0. The number of imidazole rings is 1. The SMILES string of the molecule is NCCCCC(N)C(=O)NCC(=O)NCC(=O)NC(Cc1cnc[nH]1)C(=O)O. The van der Waals surface area contributed by atoms with Gasteiger partial charge in [0.25, 0.3) is 0 Å². The van der Waals surface area contributed by atoms with Gasteiger partial charge in [0.15, 0.2) is 0 Å². The van der Waals surface area contributed by atoms with Crippen LogP contribution in [-0.2, 0) is 25.6 Å². The van der Waals surface area contributed by atoms with Crippen molar-refractivity contribution in [1.29, 1.82) is 0 Å². The molecule has 9 N–H and O–H groups in total. The van der Waals surface area contributed by atoms with Crippen molar-refractivity contribution in [1.82, 2.24) is 25.9 Å². The molecule has 0 radical (unpaired) electrons. The molecule has 0 aliphatic heterocycles. The molecule has 1 rings (SSSR count). The summed E-state index contributed by atoms with van der Waals surface area (Å²) in [5, 5.41) is 16.1. The molecule has 3 amide bonds. The molecular weight excluding hydrogens is 370 g/mol. The predicted octanol–water partition coefficient (Wildman–Crippen LogP) is -2.79. The predicted molar refractivity (Wildman–Crippen MR) is 98.8 cm³/mol. The van der Waals surface area contributed by atoms with E-state index in [1.807, 2.05) is 0 Å². The van der Waals surface area contributed by atoms with E-state index in [2.05, 4.69) is 25.9 Å². The van der Waals surface area contributed by atoms with Crippen molar-refractivity contribution >= 4 is 23.7 Å². The summed E-state index contributed by atoms with van der Waals surface area (Å²) < 4.78 is 0. The first-order valence-corrected chi connectivity index (χ1v) is 8.83. The number of amides is 3. The summed E-state index contributed by atoms with van der Waals surface area (Å²) >= 11 is 0. The molecule has 0 aromatic carbocycles. The third-order valence-corrected chi connectivity index (χ3v) is 3.79. The van der Waals surface area contributed by atoms with E-state index in [0.717, 1.165) is 6.42 Å². The fraction of sp³-hybridized carbons (Fsp3) is 0.562. The lowest BCUT2D eigenvalue weighted by atomic mass is 10.1. The zero-order valence-corrected chi connectivity index (χ0v) is 15.4. The van der Waals surface area contributed by atoms with E-state index in [-0.39, 0.29) is 13.0 Å². The number of hydrogen-bond acceptors (Lipinski definition) is 7. The van der Waals surface area contributed by atoms with Crippen LogP contribution in [0.1, 0.15) is 25.0 Å². The van der Waals surface area contributed by atoms with Gasteiger partial charge in [-0.25, -0.2) is 9.78 Å². The smallest absolute Gasteiger partial charge is 0.326 e. The Morgan fingerprint density at radius 3 is 2.46 bits per heavy atom. The number of nitrogens with two attached hydrogens (primary N) is 2. The van der Waals surface area contributed by atoms with Crippen molar-refractivity contribution in [2.45, 2.75) is 37.8 Å². The van der Waals surface area contributed by atoms with Gasteiger partial charge in [-0.05, 0) is 19.4 Å². The number of H-pyrrole nitrogens is 1. The highest BCUT2D eigenvalue weighted by atomic mass is 16.4. The average molecular weight is 397 g/mol. The van der Waals surface area contributed by atoms with Gasteiger partial charge in [0.05, 0.1) is 25.5 Å². The normalized spacial score (nSPS) is 12.6. The van der Waals surface area contributed by atoms with Gasteiger partial charge in [-0.3, -0.25) is 14.4 Å². The molecule has 0 aliphatic rings. The Kier molecular flexibility index (Phi) is 10.2. The van der Waals surface area contributed by atoms with Gasteiger partial charge >= 0.3 is 5.97 Å². The molecule has 0 spiro atoms. The van der Waals surface area contributed by atoms with Gasteiger partial charge in [-0.15, -0.1) is 0 Å². The molecule has 0 saturated carbocycles. The number of carbonyl (C=O) groups excluding carboxylic acids is 3. The fourth-order valence-electron chi connectivity index (χ4n) is 2.24. The molecule has 2 unspecified atom stereocenters. The summed E-state index contributed by atoms with van der Waals surface area (Å²) in [5.41, 5.74) is 11.6. The third kappa shape index (κ3) is 9.09. The van der Waals surface area contributed by atoms with Gasteiger partial charge < -0.3 is 37.5 Å². The molecular formula is C16H27N7O5. The first-order valence-electron chi connectivity index (χ1n) is 8.83. The van der Waals surface area contributed by atoms with Crippen molar-refractivity contribution in [2.24, 2.45) is 11.5 Å². The van der Waals surface area contributed by atoms with E-state index < -0.39 is 42.3 Å². The standard InChI is InChI=1S/C16H27N7O5/c17-4-2-1-3-11(18)15(26)21-7-13(24)20-8-14(25)23-12(16(27)28)5-10-6-19-9-22-10/h6,9,11-12H,1-5,7-8,17-18H2,(H,19,22)(H,20,24)(H,21,26)(H,23,25)(H,27,28). The Morgan fingerprint density at radius 1 is 1.14 bits per heavy atom. The van der Waals surface area contributed by atoms with Gasteiger partial charge in [0.1, 0.15) is 6.04 Å². The molecule has 2 atom stereocenters. The van der Waals surface area contributed by atoms with Crippen LogP contribution in [0.3, 0.4) is 0 Å². The zero-order chi connectivity index (χ0) is 20.9. The minimum atomic E-state index is -1.22. The van der Waals surface area contributed by atoms with Crippen molar-refractivity contribution in [2.75, 3.05) is 19.6 Å². The van der Waals surface area contributed by atoms with E-state index in [0.29, 0.717) is 25.1 Å². The number of carboxylic acid groups (broad SMARTS) is 1. The number of aliphatic carboxylic acids is 1. The topological polar surface area (TPSA) is 205 Å². The van der Waals surface area contributed by atoms with Gasteiger partial charge in [-0.1, -0.05) is 6.42 Å². The van der Waals surface area contributed by atoms with E-state index in [1.54, 1.807) is 0 Å². The summed E-state index contributed by atoms with van der Waals surface area (Å²) in [6, 6.07) is -1.91. The highest BCUT2D eigenvalue weighted by Gasteiger charge is 2.21. The van der Waals surface area contributed by atoms with Crippen LogP contribution in [0.4, 0.5) is 0 Å². The van der Waals surface area contributed by atoms with E-state index in [9.17, 15) is 24.3 Å². The molecule has 0 aliphatic carbocycles. The molecule has 156 valence electrons. The molecule has 28 heavy (non-hydrogen) atoms. The van der Waals surface area contributed by atoms with Gasteiger partial charge in [-0.2, -0.15) is 0 Å². The summed E-state index contributed by atoms with van der Waals surface area (Å²) in [6.07, 6.45) is 4.80. The molecule has 0 bridgehead atoms. The van der Waals surface area contributed by atoms with Crippen LogP contribution in [0.15, 0.2) is 12.5 Å². The largest absolute Gasteiger partial charge is 0.480 e. The Labute approximate surface area is 161 Å². The molecule has 1 heterocycles. The van der Waals surface area contributed by atoms with Crippen molar-refractivity contribution in [3.05, 3.63) is 18.2 Å². The number of hydrogen-bond donors (Lipinski definition) is 7. The van der Waals surface area contributed by atoms with E-state index in [4.69, 9.17) is 11.5 Å². The lowest BCUT2D eigenvalue weighted by Gasteiger charge is -2.14.